The molecular weight excluding hydrogens is 278 g/mol. The fourth-order valence-electron chi connectivity index (χ4n) is 1.57. The molecule has 0 radical (unpaired) electrons. The van der Waals surface area contributed by atoms with Crippen LogP contribution in [0, 0.1) is 0 Å². The number of nitrogens with zero attached hydrogens (tertiary/aromatic N) is 5. The SMILES string of the molecule is Cn1nnnc1SCc1csc(-c2ccccc2)n1. The predicted octanol–water partition coefficient (Wildman–Crippen LogP) is 2.63. The van der Waals surface area contributed by atoms with Gasteiger partial charge in [-0.15, -0.1) is 16.4 Å². The molecule has 2 aromatic heterocycles. The van der Waals surface area contributed by atoms with Gasteiger partial charge in [0.1, 0.15) is 5.01 Å². The predicted molar refractivity (Wildman–Crippen MR) is 75.9 cm³/mol. The maximum absolute atomic E-state index is 4.63. The summed E-state index contributed by atoms with van der Waals surface area (Å²) in [5.74, 6) is 0.775. The van der Waals surface area contributed by atoms with Crippen LogP contribution in [0.5, 0.6) is 0 Å². The van der Waals surface area contributed by atoms with E-state index >= 15 is 0 Å². The van der Waals surface area contributed by atoms with Crippen molar-refractivity contribution in [2.45, 2.75) is 10.9 Å². The van der Waals surface area contributed by atoms with Gasteiger partial charge in [0.25, 0.3) is 0 Å². The highest BCUT2D eigenvalue weighted by atomic mass is 32.2. The summed E-state index contributed by atoms with van der Waals surface area (Å²) in [6.45, 7) is 0. The van der Waals surface area contributed by atoms with E-state index in [1.54, 1.807) is 27.8 Å². The summed E-state index contributed by atoms with van der Waals surface area (Å²) in [6.07, 6.45) is 0. The van der Waals surface area contributed by atoms with E-state index < -0.39 is 0 Å². The van der Waals surface area contributed by atoms with Gasteiger partial charge in [-0.25, -0.2) is 9.67 Å². The lowest BCUT2D eigenvalue weighted by Gasteiger charge is -1.96. The Balaban J connectivity index is 1.70. The number of thioether (sulfide) groups is 1. The minimum Gasteiger partial charge on any atom is -0.240 e. The minimum atomic E-state index is 0.775. The highest BCUT2D eigenvalue weighted by molar-refractivity contribution is 7.98. The zero-order chi connectivity index (χ0) is 13.1. The zero-order valence-corrected chi connectivity index (χ0v) is 11.9. The summed E-state index contributed by atoms with van der Waals surface area (Å²) >= 11 is 3.25. The van der Waals surface area contributed by atoms with E-state index in [1.807, 2.05) is 25.2 Å². The van der Waals surface area contributed by atoms with Gasteiger partial charge in [0.05, 0.1) is 5.69 Å². The largest absolute Gasteiger partial charge is 0.240 e. The number of benzene rings is 1. The highest BCUT2D eigenvalue weighted by Crippen LogP contribution is 2.26. The summed E-state index contributed by atoms with van der Waals surface area (Å²) in [7, 11) is 1.83. The van der Waals surface area contributed by atoms with Crippen LogP contribution in [0.4, 0.5) is 0 Å². The smallest absolute Gasteiger partial charge is 0.209 e. The molecule has 0 unspecified atom stereocenters. The molecular formula is C12H11N5S2. The molecule has 0 spiro atoms. The number of tetrazole rings is 1. The third-order valence-corrected chi connectivity index (χ3v) is 4.49. The maximum atomic E-state index is 4.63. The van der Waals surface area contributed by atoms with Crippen molar-refractivity contribution in [3.8, 4) is 10.6 Å². The van der Waals surface area contributed by atoms with Crippen LogP contribution in [0.3, 0.4) is 0 Å². The molecule has 5 nitrogen and oxygen atoms in total. The lowest BCUT2D eigenvalue weighted by molar-refractivity contribution is 0.664. The van der Waals surface area contributed by atoms with E-state index in [2.05, 4.69) is 38.0 Å². The summed E-state index contributed by atoms with van der Waals surface area (Å²) in [5.41, 5.74) is 2.21. The third kappa shape index (κ3) is 2.82. The Morgan fingerprint density at radius 3 is 2.84 bits per heavy atom. The van der Waals surface area contributed by atoms with E-state index in [0.717, 1.165) is 27.2 Å². The minimum absolute atomic E-state index is 0.775. The van der Waals surface area contributed by atoms with Crippen molar-refractivity contribution in [2.24, 2.45) is 7.05 Å². The molecule has 0 saturated heterocycles. The van der Waals surface area contributed by atoms with Crippen LogP contribution >= 0.6 is 23.1 Å². The second-order valence-corrected chi connectivity index (χ2v) is 5.68. The van der Waals surface area contributed by atoms with Gasteiger partial charge in [-0.3, -0.25) is 0 Å². The molecule has 0 N–H and O–H groups in total. The molecule has 0 atom stereocenters. The standard InChI is InChI=1S/C12H11N5S2/c1-17-12(14-15-16-17)19-8-10-7-18-11(13-10)9-5-3-2-4-6-9/h2-7H,8H2,1H3. The number of hydrogen-bond acceptors (Lipinski definition) is 6. The fourth-order valence-corrected chi connectivity index (χ4v) is 3.24. The van der Waals surface area contributed by atoms with Gasteiger partial charge in [0.2, 0.25) is 5.16 Å². The maximum Gasteiger partial charge on any atom is 0.209 e. The van der Waals surface area contributed by atoms with Crippen LogP contribution in [0.15, 0.2) is 40.9 Å². The lowest BCUT2D eigenvalue weighted by atomic mass is 10.2. The van der Waals surface area contributed by atoms with Crippen LogP contribution in [0.25, 0.3) is 10.6 Å². The van der Waals surface area contributed by atoms with Crippen molar-refractivity contribution in [3.63, 3.8) is 0 Å². The first-order chi connectivity index (χ1) is 9.33. The second kappa shape index (κ2) is 5.50. The lowest BCUT2D eigenvalue weighted by Crippen LogP contribution is -1.93. The quantitative estimate of drug-likeness (QED) is 0.691. The molecule has 0 aliphatic carbocycles. The van der Waals surface area contributed by atoms with Crippen LogP contribution in [-0.4, -0.2) is 25.2 Å². The Morgan fingerprint density at radius 2 is 2.11 bits per heavy atom. The molecule has 0 fully saturated rings. The first-order valence-corrected chi connectivity index (χ1v) is 7.54. The van der Waals surface area contributed by atoms with Crippen molar-refractivity contribution < 1.29 is 0 Å². The van der Waals surface area contributed by atoms with E-state index in [9.17, 15) is 0 Å². The number of hydrogen-bond donors (Lipinski definition) is 0. The number of aryl methyl sites for hydroxylation is 1. The van der Waals surface area contributed by atoms with Crippen molar-refractivity contribution in [3.05, 3.63) is 41.4 Å². The molecule has 2 heterocycles. The highest BCUT2D eigenvalue weighted by Gasteiger charge is 2.07. The molecule has 1 aromatic carbocycles. The molecule has 0 amide bonds. The summed E-state index contributed by atoms with van der Waals surface area (Å²) < 4.78 is 1.66. The van der Waals surface area contributed by atoms with Gasteiger partial charge < -0.3 is 0 Å². The van der Waals surface area contributed by atoms with Gasteiger partial charge in [-0.2, -0.15) is 0 Å². The molecule has 0 saturated carbocycles. The molecule has 96 valence electrons. The third-order valence-electron chi connectivity index (χ3n) is 2.50. The number of rotatable bonds is 4. The Bertz CT molecular complexity index is 662. The van der Waals surface area contributed by atoms with E-state index in [-0.39, 0.29) is 0 Å². The van der Waals surface area contributed by atoms with E-state index in [0.29, 0.717) is 0 Å². The van der Waals surface area contributed by atoms with Gasteiger partial charge in [0, 0.05) is 23.7 Å². The fraction of sp³-hybridized carbons (Fsp3) is 0.167. The van der Waals surface area contributed by atoms with Crippen LogP contribution in [-0.2, 0) is 12.8 Å². The number of thiazole rings is 1. The first-order valence-electron chi connectivity index (χ1n) is 5.68. The summed E-state index contributed by atoms with van der Waals surface area (Å²) in [5, 5.41) is 15.3. The second-order valence-electron chi connectivity index (χ2n) is 3.88. The average molecular weight is 289 g/mol. The van der Waals surface area contributed by atoms with Gasteiger partial charge in [-0.05, 0) is 10.4 Å². The Kier molecular flexibility index (Phi) is 3.56. The normalized spacial score (nSPS) is 10.8. The Labute approximate surface area is 118 Å². The zero-order valence-electron chi connectivity index (χ0n) is 10.2. The molecule has 0 aliphatic rings. The molecule has 3 aromatic rings. The van der Waals surface area contributed by atoms with Crippen molar-refractivity contribution >= 4 is 23.1 Å². The first kappa shape index (κ1) is 12.3. The van der Waals surface area contributed by atoms with E-state index in [4.69, 9.17) is 0 Å². The van der Waals surface area contributed by atoms with Crippen LogP contribution in [0.1, 0.15) is 5.69 Å². The molecule has 0 aliphatic heterocycles. The molecule has 0 bridgehead atoms. The van der Waals surface area contributed by atoms with Crippen molar-refractivity contribution in [1.82, 2.24) is 25.2 Å². The summed E-state index contributed by atoms with van der Waals surface area (Å²) in [4.78, 5) is 4.63. The topological polar surface area (TPSA) is 56.5 Å². The van der Waals surface area contributed by atoms with Crippen molar-refractivity contribution in [2.75, 3.05) is 0 Å². The molecule has 19 heavy (non-hydrogen) atoms. The van der Waals surface area contributed by atoms with Gasteiger partial charge in [0.15, 0.2) is 0 Å². The Morgan fingerprint density at radius 1 is 1.26 bits per heavy atom. The summed E-state index contributed by atoms with van der Waals surface area (Å²) in [6, 6.07) is 10.2. The van der Waals surface area contributed by atoms with E-state index in [1.165, 1.54) is 0 Å². The Hall–Kier alpha value is -1.73. The van der Waals surface area contributed by atoms with Crippen LogP contribution < -0.4 is 0 Å². The monoisotopic (exact) mass is 289 g/mol. The van der Waals surface area contributed by atoms with Gasteiger partial charge >= 0.3 is 0 Å². The van der Waals surface area contributed by atoms with Crippen molar-refractivity contribution in [1.29, 1.82) is 0 Å². The molecule has 3 rings (SSSR count). The van der Waals surface area contributed by atoms with Gasteiger partial charge in [-0.1, -0.05) is 42.1 Å². The average Bonchev–Trinajstić information content (AvgIpc) is 3.06. The molecule has 7 heteroatoms. The number of aromatic nitrogens is 5. The van der Waals surface area contributed by atoms with Crippen LogP contribution in [0.2, 0.25) is 0 Å².